The zero-order valence-electron chi connectivity index (χ0n) is 14.0. The summed E-state index contributed by atoms with van der Waals surface area (Å²) in [6.07, 6.45) is -0.171. The van der Waals surface area contributed by atoms with Gasteiger partial charge in [-0.25, -0.2) is 4.79 Å². The molecule has 0 bridgehead atoms. The van der Waals surface area contributed by atoms with Crippen molar-refractivity contribution >= 4 is 17.6 Å². The molecule has 0 unspecified atom stereocenters. The number of aryl methyl sites for hydroxylation is 1. The highest BCUT2D eigenvalue weighted by Crippen LogP contribution is 2.13. The van der Waals surface area contributed by atoms with Gasteiger partial charge in [-0.1, -0.05) is 12.1 Å². The van der Waals surface area contributed by atoms with E-state index in [4.69, 9.17) is 9.47 Å². The molecule has 0 aromatic heterocycles. The number of anilines is 1. The summed E-state index contributed by atoms with van der Waals surface area (Å²) in [6, 6.07) is 14.0. The normalized spacial score (nSPS) is 10.3. The molecule has 126 valence electrons. The van der Waals surface area contributed by atoms with E-state index in [0.29, 0.717) is 17.0 Å². The summed E-state index contributed by atoms with van der Waals surface area (Å²) in [4.78, 5) is 23.7. The summed E-state index contributed by atoms with van der Waals surface area (Å²) in [5.74, 6) is -0.00315. The Morgan fingerprint density at radius 3 is 2.42 bits per heavy atom. The van der Waals surface area contributed by atoms with Gasteiger partial charge in [-0.15, -0.1) is 0 Å². The monoisotopic (exact) mass is 327 g/mol. The molecule has 0 atom stereocenters. The molecule has 24 heavy (non-hydrogen) atoms. The van der Waals surface area contributed by atoms with Crippen LogP contribution in [0.25, 0.3) is 0 Å². The van der Waals surface area contributed by atoms with E-state index in [0.717, 1.165) is 5.56 Å². The Balaban J connectivity index is 1.86. The van der Waals surface area contributed by atoms with E-state index in [2.05, 4.69) is 5.32 Å². The van der Waals surface area contributed by atoms with Crippen LogP contribution in [0.5, 0.6) is 5.75 Å². The van der Waals surface area contributed by atoms with Crippen LogP contribution in [0.4, 0.5) is 5.69 Å². The lowest BCUT2D eigenvalue weighted by atomic mass is 10.2. The van der Waals surface area contributed by atoms with Crippen molar-refractivity contribution in [2.45, 2.75) is 26.9 Å². The van der Waals surface area contributed by atoms with Crippen molar-refractivity contribution in [2.75, 3.05) is 11.9 Å². The standard InChI is InChI=1S/C19H21NO4/c1-13(2)24-19(22)15-7-9-16(10-8-15)20-18(21)12-23-17-6-4-5-14(3)11-17/h4-11,13H,12H2,1-3H3,(H,20,21). The number of hydrogen-bond acceptors (Lipinski definition) is 4. The number of hydrogen-bond donors (Lipinski definition) is 1. The molecule has 2 aromatic rings. The van der Waals surface area contributed by atoms with Crippen LogP contribution in [0.3, 0.4) is 0 Å². The third-order valence-corrected chi connectivity index (χ3v) is 3.11. The van der Waals surface area contributed by atoms with E-state index in [1.807, 2.05) is 25.1 Å². The summed E-state index contributed by atoms with van der Waals surface area (Å²) in [5.41, 5.74) is 2.10. The average molecular weight is 327 g/mol. The van der Waals surface area contributed by atoms with Gasteiger partial charge in [0.15, 0.2) is 6.61 Å². The molecule has 0 aliphatic rings. The maximum atomic E-state index is 11.9. The zero-order chi connectivity index (χ0) is 17.5. The minimum Gasteiger partial charge on any atom is -0.484 e. The molecular weight excluding hydrogens is 306 g/mol. The quantitative estimate of drug-likeness (QED) is 0.824. The zero-order valence-corrected chi connectivity index (χ0v) is 14.0. The second-order valence-corrected chi connectivity index (χ2v) is 5.68. The van der Waals surface area contributed by atoms with Crippen LogP contribution in [0, 0.1) is 6.92 Å². The molecule has 0 heterocycles. The first-order valence-corrected chi connectivity index (χ1v) is 7.74. The van der Waals surface area contributed by atoms with E-state index in [9.17, 15) is 9.59 Å². The molecule has 2 rings (SSSR count). The molecule has 0 aliphatic heterocycles. The predicted octanol–water partition coefficient (Wildman–Crippen LogP) is 3.58. The Kier molecular flexibility index (Phi) is 5.95. The van der Waals surface area contributed by atoms with Crippen molar-refractivity contribution in [3.63, 3.8) is 0 Å². The lowest BCUT2D eigenvalue weighted by molar-refractivity contribution is -0.118. The molecule has 0 aliphatic carbocycles. The van der Waals surface area contributed by atoms with Crippen molar-refractivity contribution in [2.24, 2.45) is 0 Å². The average Bonchev–Trinajstić information content (AvgIpc) is 2.53. The second kappa shape index (κ2) is 8.15. The van der Waals surface area contributed by atoms with E-state index >= 15 is 0 Å². The van der Waals surface area contributed by atoms with Crippen LogP contribution in [-0.4, -0.2) is 24.6 Å². The van der Waals surface area contributed by atoms with Crippen LogP contribution in [-0.2, 0) is 9.53 Å². The highest BCUT2D eigenvalue weighted by molar-refractivity contribution is 5.93. The highest BCUT2D eigenvalue weighted by atomic mass is 16.5. The summed E-state index contributed by atoms with van der Waals surface area (Å²) >= 11 is 0. The molecule has 5 nitrogen and oxygen atoms in total. The first-order chi connectivity index (χ1) is 11.4. The Morgan fingerprint density at radius 1 is 1.08 bits per heavy atom. The highest BCUT2D eigenvalue weighted by Gasteiger charge is 2.09. The van der Waals surface area contributed by atoms with Gasteiger partial charge in [-0.2, -0.15) is 0 Å². The molecule has 0 spiro atoms. The number of benzene rings is 2. The van der Waals surface area contributed by atoms with Crippen LogP contribution < -0.4 is 10.1 Å². The number of ether oxygens (including phenoxy) is 2. The molecule has 0 saturated carbocycles. The van der Waals surface area contributed by atoms with E-state index in [-0.39, 0.29) is 24.6 Å². The number of esters is 1. The lowest BCUT2D eigenvalue weighted by Gasteiger charge is -2.10. The Bertz CT molecular complexity index is 708. The fourth-order valence-corrected chi connectivity index (χ4v) is 2.02. The Morgan fingerprint density at radius 2 is 1.79 bits per heavy atom. The minimum atomic E-state index is -0.384. The van der Waals surface area contributed by atoms with E-state index in [1.165, 1.54) is 0 Å². The molecular formula is C19H21NO4. The topological polar surface area (TPSA) is 64.6 Å². The number of nitrogens with one attached hydrogen (secondary N) is 1. The summed E-state index contributed by atoms with van der Waals surface area (Å²) in [7, 11) is 0. The summed E-state index contributed by atoms with van der Waals surface area (Å²) in [6.45, 7) is 5.46. The Hall–Kier alpha value is -2.82. The van der Waals surface area contributed by atoms with Gasteiger partial charge in [0, 0.05) is 5.69 Å². The van der Waals surface area contributed by atoms with E-state index < -0.39 is 0 Å². The molecule has 5 heteroatoms. The SMILES string of the molecule is Cc1cccc(OCC(=O)Nc2ccc(C(=O)OC(C)C)cc2)c1. The predicted molar refractivity (Wildman–Crippen MR) is 92.3 cm³/mol. The first kappa shape index (κ1) is 17.5. The molecule has 0 saturated heterocycles. The van der Waals surface area contributed by atoms with Crippen LogP contribution in [0.15, 0.2) is 48.5 Å². The van der Waals surface area contributed by atoms with Crippen molar-refractivity contribution in [3.05, 3.63) is 59.7 Å². The van der Waals surface area contributed by atoms with Gasteiger partial charge in [-0.05, 0) is 62.7 Å². The fraction of sp³-hybridized carbons (Fsp3) is 0.263. The molecule has 1 amide bonds. The largest absolute Gasteiger partial charge is 0.484 e. The molecule has 1 N–H and O–H groups in total. The van der Waals surface area contributed by atoms with Gasteiger partial charge in [-0.3, -0.25) is 4.79 Å². The Labute approximate surface area is 141 Å². The van der Waals surface area contributed by atoms with Crippen molar-refractivity contribution in [1.82, 2.24) is 0 Å². The number of rotatable bonds is 6. The maximum absolute atomic E-state index is 11.9. The fourth-order valence-electron chi connectivity index (χ4n) is 2.02. The first-order valence-electron chi connectivity index (χ1n) is 7.74. The van der Waals surface area contributed by atoms with Crippen LogP contribution >= 0.6 is 0 Å². The molecule has 0 radical (unpaired) electrons. The number of amides is 1. The van der Waals surface area contributed by atoms with Gasteiger partial charge >= 0.3 is 5.97 Å². The van der Waals surface area contributed by atoms with Crippen molar-refractivity contribution in [3.8, 4) is 5.75 Å². The van der Waals surface area contributed by atoms with Gasteiger partial charge in [0.2, 0.25) is 0 Å². The van der Waals surface area contributed by atoms with E-state index in [1.54, 1.807) is 44.2 Å². The summed E-state index contributed by atoms with van der Waals surface area (Å²) in [5, 5.41) is 2.72. The van der Waals surface area contributed by atoms with Crippen molar-refractivity contribution in [1.29, 1.82) is 0 Å². The van der Waals surface area contributed by atoms with Gasteiger partial charge < -0.3 is 14.8 Å². The lowest BCUT2D eigenvalue weighted by Crippen LogP contribution is -2.20. The van der Waals surface area contributed by atoms with Crippen LogP contribution in [0.1, 0.15) is 29.8 Å². The number of carbonyl (C=O) groups excluding carboxylic acids is 2. The van der Waals surface area contributed by atoms with Crippen molar-refractivity contribution < 1.29 is 19.1 Å². The summed E-state index contributed by atoms with van der Waals surface area (Å²) < 4.78 is 10.5. The maximum Gasteiger partial charge on any atom is 0.338 e. The molecule has 2 aromatic carbocycles. The van der Waals surface area contributed by atoms with Crippen LogP contribution in [0.2, 0.25) is 0 Å². The van der Waals surface area contributed by atoms with Gasteiger partial charge in [0.1, 0.15) is 5.75 Å². The third-order valence-electron chi connectivity index (χ3n) is 3.11. The minimum absolute atomic E-state index is 0.0827. The van der Waals surface area contributed by atoms with Gasteiger partial charge in [0.05, 0.1) is 11.7 Å². The smallest absolute Gasteiger partial charge is 0.338 e. The molecule has 0 fully saturated rings. The second-order valence-electron chi connectivity index (χ2n) is 5.68. The van der Waals surface area contributed by atoms with Gasteiger partial charge in [0.25, 0.3) is 5.91 Å². The third kappa shape index (κ3) is 5.43. The number of carbonyl (C=O) groups is 2.